The fourth-order valence-electron chi connectivity index (χ4n) is 3.44. The van der Waals surface area contributed by atoms with Gasteiger partial charge in [0.05, 0.1) is 36.9 Å². The number of carbonyl (C=O) groups excluding carboxylic acids is 2. The number of carbonyl (C=O) groups is 2. The summed E-state index contributed by atoms with van der Waals surface area (Å²) in [6.45, 7) is 0. The number of imidazole rings is 1. The highest BCUT2D eigenvalue weighted by atomic mass is 32.2. The summed E-state index contributed by atoms with van der Waals surface area (Å²) in [4.78, 5) is 29.2. The Balaban J connectivity index is 1.53. The lowest BCUT2D eigenvalue weighted by Gasteiger charge is -2.15. The monoisotopic (exact) mass is 457 g/mol. The molecule has 0 spiro atoms. The van der Waals surface area contributed by atoms with Crippen LogP contribution in [-0.2, 0) is 16.0 Å². The second-order valence-electron chi connectivity index (χ2n) is 7.22. The second-order valence-corrected chi connectivity index (χ2v) is 8.16. The van der Waals surface area contributed by atoms with Crippen LogP contribution in [0.15, 0.2) is 96.3 Å². The molecule has 6 nitrogen and oxygen atoms in total. The lowest BCUT2D eigenvalue weighted by atomic mass is 10.1. The number of imide groups is 1. The molecule has 166 valence electrons. The Labute approximate surface area is 196 Å². The highest BCUT2D eigenvalue weighted by molar-refractivity contribution is 7.99. The van der Waals surface area contributed by atoms with Gasteiger partial charge < -0.3 is 4.74 Å². The topological polar surface area (TPSA) is 73.2 Å². The molecule has 0 bridgehead atoms. The molecule has 4 aromatic rings. The van der Waals surface area contributed by atoms with E-state index in [4.69, 9.17) is 4.74 Å². The van der Waals surface area contributed by atoms with Crippen LogP contribution in [0.4, 0.5) is 0 Å². The molecule has 0 saturated carbocycles. The first kappa shape index (κ1) is 22.4. The summed E-state index contributed by atoms with van der Waals surface area (Å²) in [7, 11) is 1.62. The molecule has 3 aromatic carbocycles. The van der Waals surface area contributed by atoms with Crippen molar-refractivity contribution in [1.82, 2.24) is 14.9 Å². The van der Waals surface area contributed by atoms with E-state index in [1.807, 2.05) is 89.5 Å². The zero-order valence-electron chi connectivity index (χ0n) is 18.1. The van der Waals surface area contributed by atoms with E-state index in [-0.39, 0.29) is 24.0 Å². The number of aromatic nitrogens is 2. The minimum atomic E-state index is -0.364. The minimum Gasteiger partial charge on any atom is -0.495 e. The molecule has 7 heteroatoms. The van der Waals surface area contributed by atoms with E-state index in [1.54, 1.807) is 13.3 Å². The Morgan fingerprint density at radius 1 is 0.909 bits per heavy atom. The summed E-state index contributed by atoms with van der Waals surface area (Å²) in [5.41, 5.74) is 3.54. The van der Waals surface area contributed by atoms with Crippen molar-refractivity contribution < 1.29 is 14.3 Å². The third-order valence-electron chi connectivity index (χ3n) is 4.94. The number of thioether (sulfide) groups is 1. The molecule has 33 heavy (non-hydrogen) atoms. The van der Waals surface area contributed by atoms with Gasteiger partial charge in [-0.2, -0.15) is 0 Å². The molecule has 0 radical (unpaired) electrons. The van der Waals surface area contributed by atoms with Crippen LogP contribution in [0.3, 0.4) is 0 Å². The number of ether oxygens (including phenoxy) is 1. The van der Waals surface area contributed by atoms with Gasteiger partial charge in [0.2, 0.25) is 11.8 Å². The van der Waals surface area contributed by atoms with Crippen LogP contribution in [0.5, 0.6) is 5.75 Å². The SMILES string of the molecule is COc1ccccc1-n1c(-c2ccccc2)cnc1SCC(=O)NC(=O)Cc1ccccc1. The molecule has 1 aromatic heterocycles. The number of nitrogens with one attached hydrogen (secondary N) is 1. The average molecular weight is 458 g/mol. The highest BCUT2D eigenvalue weighted by Gasteiger charge is 2.18. The van der Waals surface area contributed by atoms with Crippen LogP contribution in [0.2, 0.25) is 0 Å². The van der Waals surface area contributed by atoms with Crippen molar-refractivity contribution in [2.75, 3.05) is 12.9 Å². The normalized spacial score (nSPS) is 10.6. The van der Waals surface area contributed by atoms with Crippen LogP contribution in [0.25, 0.3) is 16.9 Å². The van der Waals surface area contributed by atoms with Crippen molar-refractivity contribution in [1.29, 1.82) is 0 Å². The van der Waals surface area contributed by atoms with Gasteiger partial charge in [-0.15, -0.1) is 0 Å². The molecule has 0 fully saturated rings. The van der Waals surface area contributed by atoms with Gasteiger partial charge in [-0.25, -0.2) is 4.98 Å². The van der Waals surface area contributed by atoms with Crippen LogP contribution >= 0.6 is 11.8 Å². The van der Waals surface area contributed by atoms with Gasteiger partial charge in [0, 0.05) is 5.56 Å². The Hall–Kier alpha value is -3.84. The summed E-state index contributed by atoms with van der Waals surface area (Å²) in [5, 5.41) is 3.09. The number of hydrogen-bond acceptors (Lipinski definition) is 5. The van der Waals surface area contributed by atoms with E-state index in [0.717, 1.165) is 22.5 Å². The van der Waals surface area contributed by atoms with E-state index >= 15 is 0 Å². The maximum Gasteiger partial charge on any atom is 0.237 e. The molecule has 1 heterocycles. The maximum atomic E-state index is 12.5. The quantitative estimate of drug-likeness (QED) is 0.394. The van der Waals surface area contributed by atoms with Crippen molar-refractivity contribution in [3.8, 4) is 22.7 Å². The van der Waals surface area contributed by atoms with Crippen molar-refractivity contribution in [3.63, 3.8) is 0 Å². The van der Waals surface area contributed by atoms with E-state index in [1.165, 1.54) is 11.8 Å². The molecule has 0 aliphatic heterocycles. The largest absolute Gasteiger partial charge is 0.495 e. The number of amides is 2. The van der Waals surface area contributed by atoms with Crippen LogP contribution in [-0.4, -0.2) is 34.2 Å². The fraction of sp³-hybridized carbons (Fsp3) is 0.115. The first-order chi connectivity index (χ1) is 16.2. The van der Waals surface area contributed by atoms with Gasteiger partial charge in [-0.05, 0) is 17.7 Å². The first-order valence-corrected chi connectivity index (χ1v) is 11.4. The Morgan fingerprint density at radius 3 is 2.30 bits per heavy atom. The first-order valence-electron chi connectivity index (χ1n) is 10.4. The lowest BCUT2D eigenvalue weighted by molar-refractivity contribution is -0.128. The van der Waals surface area contributed by atoms with Gasteiger partial charge in [-0.1, -0.05) is 84.6 Å². The van der Waals surface area contributed by atoms with Crippen molar-refractivity contribution in [2.45, 2.75) is 11.6 Å². The predicted octanol–water partition coefficient (Wildman–Crippen LogP) is 4.53. The molecule has 1 N–H and O–H groups in total. The molecular weight excluding hydrogens is 434 g/mol. The molecule has 0 saturated heterocycles. The fourth-order valence-corrected chi connectivity index (χ4v) is 4.23. The summed E-state index contributed by atoms with van der Waals surface area (Å²) in [6, 6.07) is 26.9. The zero-order valence-corrected chi connectivity index (χ0v) is 18.9. The number of nitrogens with zero attached hydrogens (tertiary/aromatic N) is 2. The summed E-state index contributed by atoms with van der Waals surface area (Å²) < 4.78 is 7.54. The summed E-state index contributed by atoms with van der Waals surface area (Å²) in [5.74, 6) is 0.0552. The van der Waals surface area contributed by atoms with E-state index in [0.29, 0.717) is 10.9 Å². The van der Waals surface area contributed by atoms with Gasteiger partial charge in [0.1, 0.15) is 5.75 Å². The van der Waals surface area contributed by atoms with Gasteiger partial charge in [-0.3, -0.25) is 19.5 Å². The van der Waals surface area contributed by atoms with Crippen LogP contribution < -0.4 is 10.1 Å². The lowest BCUT2D eigenvalue weighted by Crippen LogP contribution is -2.33. The number of methoxy groups -OCH3 is 1. The van der Waals surface area contributed by atoms with Crippen molar-refractivity contribution >= 4 is 23.6 Å². The molecule has 0 aliphatic carbocycles. The minimum absolute atomic E-state index is 0.0565. The van der Waals surface area contributed by atoms with E-state index in [2.05, 4.69) is 10.3 Å². The molecular formula is C26H23N3O3S. The Bertz CT molecular complexity index is 1240. The molecule has 0 atom stereocenters. The van der Waals surface area contributed by atoms with E-state index in [9.17, 15) is 9.59 Å². The van der Waals surface area contributed by atoms with Gasteiger partial charge in [0.15, 0.2) is 5.16 Å². The Morgan fingerprint density at radius 2 is 1.58 bits per heavy atom. The second kappa shape index (κ2) is 10.7. The molecule has 0 aliphatic rings. The molecule has 2 amide bonds. The third kappa shape index (κ3) is 5.51. The average Bonchev–Trinajstić information content (AvgIpc) is 3.27. The maximum absolute atomic E-state index is 12.5. The summed E-state index contributed by atoms with van der Waals surface area (Å²) >= 11 is 1.26. The third-order valence-corrected chi connectivity index (χ3v) is 5.90. The summed E-state index contributed by atoms with van der Waals surface area (Å²) in [6.07, 6.45) is 1.94. The smallest absolute Gasteiger partial charge is 0.237 e. The Kier molecular flexibility index (Phi) is 7.22. The highest BCUT2D eigenvalue weighted by Crippen LogP contribution is 2.33. The zero-order chi connectivity index (χ0) is 23.0. The predicted molar refractivity (Wildman–Crippen MR) is 130 cm³/mol. The van der Waals surface area contributed by atoms with Crippen LogP contribution in [0, 0.1) is 0 Å². The van der Waals surface area contributed by atoms with Crippen molar-refractivity contribution in [3.05, 3.63) is 96.7 Å². The number of para-hydroxylation sites is 2. The standard InChI is InChI=1S/C26H23N3O3S/c1-32-23-15-9-8-14-21(23)29-22(20-12-6-3-7-13-20)17-27-26(29)33-18-25(31)28-24(30)16-19-10-4-2-5-11-19/h2-15,17H,16,18H2,1H3,(H,28,30,31). The van der Waals surface area contributed by atoms with E-state index < -0.39 is 0 Å². The van der Waals surface area contributed by atoms with Crippen LogP contribution in [0.1, 0.15) is 5.56 Å². The molecule has 0 unspecified atom stereocenters. The van der Waals surface area contributed by atoms with Gasteiger partial charge >= 0.3 is 0 Å². The number of hydrogen-bond donors (Lipinski definition) is 1. The molecule has 4 rings (SSSR count). The number of benzene rings is 3. The number of rotatable bonds is 8. The van der Waals surface area contributed by atoms with Gasteiger partial charge in [0.25, 0.3) is 0 Å². The van der Waals surface area contributed by atoms with Crippen molar-refractivity contribution in [2.24, 2.45) is 0 Å².